The molecule has 0 saturated heterocycles. The van der Waals surface area contributed by atoms with Crippen molar-refractivity contribution in [2.75, 3.05) is 12.4 Å². The van der Waals surface area contributed by atoms with Crippen LogP contribution in [0.3, 0.4) is 0 Å². The summed E-state index contributed by atoms with van der Waals surface area (Å²) in [5.41, 5.74) is 1.46. The van der Waals surface area contributed by atoms with Crippen LogP contribution in [0.25, 0.3) is 0 Å². The predicted molar refractivity (Wildman–Crippen MR) is 104 cm³/mol. The highest BCUT2D eigenvalue weighted by atomic mass is 16.5. The molecule has 0 spiro atoms. The first-order valence-electron chi connectivity index (χ1n) is 8.55. The Hall–Kier alpha value is -3.54. The second kappa shape index (κ2) is 8.71. The van der Waals surface area contributed by atoms with Crippen LogP contribution in [0.5, 0.6) is 17.2 Å². The lowest BCUT2D eigenvalue weighted by Gasteiger charge is -2.14. The van der Waals surface area contributed by atoms with Crippen LogP contribution in [0, 0.1) is 0 Å². The smallest absolute Gasteiger partial charge is 0.319 e. The number of hydrogen-bond donors (Lipinski definition) is 2. The Morgan fingerprint density at radius 2 is 1.67 bits per heavy atom. The highest BCUT2D eigenvalue weighted by Gasteiger charge is 2.10. The number of nitrogens with zero attached hydrogens (tertiary/aromatic N) is 1. The van der Waals surface area contributed by atoms with Crippen molar-refractivity contribution >= 4 is 11.7 Å². The van der Waals surface area contributed by atoms with Crippen LogP contribution < -0.4 is 20.1 Å². The summed E-state index contributed by atoms with van der Waals surface area (Å²) in [6.45, 7) is 1.88. The third kappa shape index (κ3) is 4.98. The van der Waals surface area contributed by atoms with E-state index in [0.29, 0.717) is 22.9 Å². The van der Waals surface area contributed by atoms with Gasteiger partial charge in [0.15, 0.2) is 11.5 Å². The Bertz CT molecular complexity index is 883. The molecule has 1 atom stereocenters. The third-order valence-electron chi connectivity index (χ3n) is 3.89. The number of methoxy groups -OCH3 is 1. The molecule has 0 radical (unpaired) electrons. The first kappa shape index (κ1) is 18.3. The average molecular weight is 363 g/mol. The summed E-state index contributed by atoms with van der Waals surface area (Å²) in [6, 6.07) is 19.6. The molecule has 2 aromatic carbocycles. The first-order chi connectivity index (χ1) is 13.2. The van der Waals surface area contributed by atoms with Gasteiger partial charge in [0.1, 0.15) is 5.75 Å². The van der Waals surface area contributed by atoms with Crippen LogP contribution >= 0.6 is 0 Å². The molecule has 2 amide bonds. The number of hydrogen-bond acceptors (Lipinski definition) is 4. The number of pyridine rings is 1. The van der Waals surface area contributed by atoms with Gasteiger partial charge in [-0.15, -0.1) is 0 Å². The zero-order valence-corrected chi connectivity index (χ0v) is 15.2. The maximum atomic E-state index is 12.2. The minimum atomic E-state index is -0.299. The van der Waals surface area contributed by atoms with Crippen molar-refractivity contribution in [1.82, 2.24) is 10.3 Å². The second-order valence-electron chi connectivity index (χ2n) is 5.85. The van der Waals surface area contributed by atoms with E-state index in [-0.39, 0.29) is 12.1 Å². The van der Waals surface area contributed by atoms with E-state index >= 15 is 0 Å². The van der Waals surface area contributed by atoms with Crippen LogP contribution in [-0.4, -0.2) is 18.1 Å². The standard InChI is InChI=1S/C21H21N3O3/c1-15(18-7-5-6-14-22-18)23-21(25)24-16-10-12-17(13-11-16)27-20-9-4-3-8-19(20)26-2/h3-15H,1-2H3,(H2,23,24,25). The molecule has 3 rings (SSSR count). The van der Waals surface area contributed by atoms with Gasteiger partial charge in [-0.1, -0.05) is 18.2 Å². The fourth-order valence-corrected chi connectivity index (χ4v) is 2.51. The molecular formula is C21H21N3O3. The predicted octanol–water partition coefficient (Wildman–Crippen LogP) is 4.77. The Balaban J connectivity index is 1.58. The molecule has 1 unspecified atom stereocenters. The number of carbonyl (C=O) groups excluding carboxylic acids is 1. The van der Waals surface area contributed by atoms with Gasteiger partial charge in [-0.2, -0.15) is 0 Å². The lowest BCUT2D eigenvalue weighted by Crippen LogP contribution is -2.31. The number of anilines is 1. The molecule has 27 heavy (non-hydrogen) atoms. The molecule has 0 bridgehead atoms. The van der Waals surface area contributed by atoms with Crippen LogP contribution in [0.4, 0.5) is 10.5 Å². The van der Waals surface area contributed by atoms with E-state index < -0.39 is 0 Å². The van der Waals surface area contributed by atoms with E-state index in [1.165, 1.54) is 0 Å². The van der Waals surface area contributed by atoms with E-state index in [0.717, 1.165) is 5.69 Å². The summed E-state index contributed by atoms with van der Waals surface area (Å²) in [6.07, 6.45) is 1.70. The van der Waals surface area contributed by atoms with Gasteiger partial charge in [-0.25, -0.2) is 4.79 Å². The number of para-hydroxylation sites is 2. The minimum absolute atomic E-state index is 0.195. The monoisotopic (exact) mass is 363 g/mol. The fourth-order valence-electron chi connectivity index (χ4n) is 2.51. The third-order valence-corrected chi connectivity index (χ3v) is 3.89. The van der Waals surface area contributed by atoms with Crippen LogP contribution in [0.2, 0.25) is 0 Å². The lowest BCUT2D eigenvalue weighted by atomic mass is 10.2. The maximum absolute atomic E-state index is 12.2. The summed E-state index contributed by atoms with van der Waals surface area (Å²) in [5.74, 6) is 1.93. The van der Waals surface area contributed by atoms with Gasteiger partial charge in [0.2, 0.25) is 0 Å². The highest BCUT2D eigenvalue weighted by Crippen LogP contribution is 2.31. The summed E-state index contributed by atoms with van der Waals surface area (Å²) >= 11 is 0. The lowest BCUT2D eigenvalue weighted by molar-refractivity contribution is 0.249. The number of carbonyl (C=O) groups is 1. The van der Waals surface area contributed by atoms with Gasteiger partial charge in [0.25, 0.3) is 0 Å². The summed E-state index contributed by atoms with van der Waals surface area (Å²) in [4.78, 5) is 16.4. The molecule has 0 saturated carbocycles. The molecule has 1 heterocycles. The molecule has 0 aliphatic carbocycles. The Morgan fingerprint density at radius 3 is 2.33 bits per heavy atom. The van der Waals surface area contributed by atoms with Crippen molar-refractivity contribution in [3.05, 3.63) is 78.6 Å². The molecule has 6 heteroatoms. The van der Waals surface area contributed by atoms with E-state index in [1.807, 2.05) is 49.4 Å². The normalized spacial score (nSPS) is 11.3. The van der Waals surface area contributed by atoms with Gasteiger partial charge in [-0.05, 0) is 55.5 Å². The van der Waals surface area contributed by atoms with E-state index in [2.05, 4.69) is 15.6 Å². The van der Waals surface area contributed by atoms with Gasteiger partial charge in [0.05, 0.1) is 18.8 Å². The molecule has 2 N–H and O–H groups in total. The Labute approximate surface area is 158 Å². The molecule has 138 valence electrons. The van der Waals surface area contributed by atoms with Crippen molar-refractivity contribution in [3.63, 3.8) is 0 Å². The van der Waals surface area contributed by atoms with Crippen molar-refractivity contribution in [1.29, 1.82) is 0 Å². The number of ether oxygens (including phenoxy) is 2. The molecule has 3 aromatic rings. The van der Waals surface area contributed by atoms with E-state index in [9.17, 15) is 4.79 Å². The number of benzene rings is 2. The van der Waals surface area contributed by atoms with Crippen molar-refractivity contribution in [3.8, 4) is 17.2 Å². The second-order valence-corrected chi connectivity index (χ2v) is 5.85. The van der Waals surface area contributed by atoms with Gasteiger partial charge in [0, 0.05) is 11.9 Å². The molecule has 0 fully saturated rings. The number of nitrogens with one attached hydrogen (secondary N) is 2. The fraction of sp³-hybridized carbons (Fsp3) is 0.143. The van der Waals surface area contributed by atoms with Crippen molar-refractivity contribution < 1.29 is 14.3 Å². The van der Waals surface area contributed by atoms with Gasteiger partial charge >= 0.3 is 6.03 Å². The van der Waals surface area contributed by atoms with Gasteiger partial charge in [-0.3, -0.25) is 4.98 Å². The van der Waals surface area contributed by atoms with Crippen LogP contribution in [0.15, 0.2) is 72.9 Å². The summed E-state index contributed by atoms with van der Waals surface area (Å²) < 4.78 is 11.1. The first-order valence-corrected chi connectivity index (χ1v) is 8.55. The van der Waals surface area contributed by atoms with Crippen molar-refractivity contribution in [2.45, 2.75) is 13.0 Å². The average Bonchev–Trinajstić information content (AvgIpc) is 2.70. The van der Waals surface area contributed by atoms with E-state index in [1.54, 1.807) is 37.6 Å². The highest BCUT2D eigenvalue weighted by molar-refractivity contribution is 5.89. The number of amides is 2. The number of aromatic nitrogens is 1. The van der Waals surface area contributed by atoms with Crippen LogP contribution in [0.1, 0.15) is 18.7 Å². The molecule has 0 aliphatic heterocycles. The van der Waals surface area contributed by atoms with E-state index in [4.69, 9.17) is 9.47 Å². The Kier molecular flexibility index (Phi) is 5.89. The quantitative estimate of drug-likeness (QED) is 0.662. The molecular weight excluding hydrogens is 342 g/mol. The minimum Gasteiger partial charge on any atom is -0.493 e. The largest absolute Gasteiger partial charge is 0.493 e. The zero-order valence-electron chi connectivity index (χ0n) is 15.2. The zero-order chi connectivity index (χ0) is 19.1. The van der Waals surface area contributed by atoms with Gasteiger partial charge < -0.3 is 20.1 Å². The molecule has 0 aliphatic rings. The SMILES string of the molecule is COc1ccccc1Oc1ccc(NC(=O)NC(C)c2ccccn2)cc1. The molecule has 1 aromatic heterocycles. The Morgan fingerprint density at radius 1 is 0.963 bits per heavy atom. The molecule has 6 nitrogen and oxygen atoms in total. The summed E-state index contributed by atoms with van der Waals surface area (Å²) in [7, 11) is 1.60. The maximum Gasteiger partial charge on any atom is 0.319 e. The number of urea groups is 1. The topological polar surface area (TPSA) is 72.5 Å². The van der Waals surface area contributed by atoms with Crippen molar-refractivity contribution in [2.24, 2.45) is 0 Å². The van der Waals surface area contributed by atoms with Crippen LogP contribution in [-0.2, 0) is 0 Å². The number of rotatable bonds is 6. The summed E-state index contributed by atoms with van der Waals surface area (Å²) in [5, 5.41) is 5.65.